The molecule has 1 aliphatic heterocycles. The van der Waals surface area contributed by atoms with E-state index in [2.05, 4.69) is 17.9 Å². The lowest BCUT2D eigenvalue weighted by Crippen LogP contribution is -2.32. The quantitative estimate of drug-likeness (QED) is 0.169. The highest BCUT2D eigenvalue weighted by Gasteiger charge is 2.24. The maximum absolute atomic E-state index is 12.9. The van der Waals surface area contributed by atoms with E-state index in [1.165, 1.54) is 0 Å². The fraction of sp³-hybridized carbons (Fsp3) is 0.290. The first-order valence-electron chi connectivity index (χ1n) is 12.7. The summed E-state index contributed by atoms with van der Waals surface area (Å²) in [5.41, 5.74) is 6.31. The summed E-state index contributed by atoms with van der Waals surface area (Å²) in [7, 11) is 0. The number of anilines is 1. The summed E-state index contributed by atoms with van der Waals surface area (Å²) >= 11 is 0. The zero-order valence-corrected chi connectivity index (χ0v) is 21.5. The van der Waals surface area contributed by atoms with Gasteiger partial charge in [-0.1, -0.05) is 43.7 Å². The minimum absolute atomic E-state index is 0.300. The van der Waals surface area contributed by atoms with Crippen molar-refractivity contribution in [2.75, 3.05) is 18.2 Å². The zero-order chi connectivity index (χ0) is 25.9. The molecule has 5 rings (SSSR count). The molecule has 0 aliphatic carbocycles. The van der Waals surface area contributed by atoms with Gasteiger partial charge in [-0.3, -0.25) is 0 Å². The van der Waals surface area contributed by atoms with Crippen LogP contribution in [0.5, 0.6) is 5.75 Å². The van der Waals surface area contributed by atoms with Gasteiger partial charge in [0.15, 0.2) is 6.73 Å². The van der Waals surface area contributed by atoms with Crippen molar-refractivity contribution in [3.05, 3.63) is 104 Å². The molecule has 4 aromatic rings. The average Bonchev–Trinajstić information content (AvgIpc) is 2.92. The smallest absolute Gasteiger partial charge is 0.340 e. The van der Waals surface area contributed by atoms with Crippen molar-refractivity contribution in [1.82, 2.24) is 0 Å². The molecule has 0 fully saturated rings. The summed E-state index contributed by atoms with van der Waals surface area (Å²) < 4.78 is 17.3. The lowest BCUT2D eigenvalue weighted by Gasteiger charge is -2.32. The van der Waals surface area contributed by atoms with E-state index in [9.17, 15) is 9.59 Å². The third-order valence-corrected chi connectivity index (χ3v) is 6.98. The first kappa shape index (κ1) is 24.6. The normalized spacial score (nSPS) is 12.8. The predicted molar refractivity (Wildman–Crippen MR) is 145 cm³/mol. The first-order chi connectivity index (χ1) is 18.0. The van der Waals surface area contributed by atoms with E-state index in [4.69, 9.17) is 13.9 Å². The molecule has 1 aliphatic rings. The average molecular weight is 498 g/mol. The Morgan fingerprint density at radius 3 is 2.51 bits per heavy atom. The fourth-order valence-electron chi connectivity index (χ4n) is 4.81. The largest absolute Gasteiger partial charge is 0.472 e. The molecule has 0 N–H and O–H groups in total. The summed E-state index contributed by atoms with van der Waals surface area (Å²) in [6, 6.07) is 19.4. The Bertz CT molecular complexity index is 1490. The van der Waals surface area contributed by atoms with Gasteiger partial charge in [-0.2, -0.15) is 0 Å². The molecular weight excluding hydrogens is 466 g/mol. The van der Waals surface area contributed by atoms with E-state index in [0.29, 0.717) is 43.0 Å². The number of esters is 1. The van der Waals surface area contributed by atoms with Crippen molar-refractivity contribution in [2.24, 2.45) is 0 Å². The number of rotatable bonds is 7. The Kier molecular flexibility index (Phi) is 6.99. The van der Waals surface area contributed by atoms with Gasteiger partial charge in [0.05, 0.1) is 12.2 Å². The molecule has 6 nitrogen and oxygen atoms in total. The van der Waals surface area contributed by atoms with Gasteiger partial charge in [-0.25, -0.2) is 9.59 Å². The highest BCUT2D eigenvalue weighted by molar-refractivity contribution is 5.90. The molecule has 0 unspecified atom stereocenters. The topological polar surface area (TPSA) is 69.0 Å². The number of hydrogen-bond acceptors (Lipinski definition) is 6. The molecule has 6 heteroatoms. The van der Waals surface area contributed by atoms with Crippen LogP contribution >= 0.6 is 0 Å². The first-order valence-corrected chi connectivity index (χ1v) is 12.7. The third kappa shape index (κ3) is 4.96. The molecule has 0 saturated heterocycles. The van der Waals surface area contributed by atoms with E-state index >= 15 is 0 Å². The van der Waals surface area contributed by atoms with Gasteiger partial charge in [-0.05, 0) is 61.7 Å². The summed E-state index contributed by atoms with van der Waals surface area (Å²) in [4.78, 5) is 27.3. The zero-order valence-electron chi connectivity index (χ0n) is 21.5. The van der Waals surface area contributed by atoms with Crippen LogP contribution in [0.1, 0.15) is 57.9 Å². The molecule has 0 spiro atoms. The molecule has 0 atom stereocenters. The highest BCUT2D eigenvalue weighted by atomic mass is 16.5. The van der Waals surface area contributed by atoms with Crippen LogP contribution in [0.15, 0.2) is 69.9 Å². The maximum Gasteiger partial charge on any atom is 0.340 e. The molecule has 0 amide bonds. The highest BCUT2D eigenvalue weighted by Crippen LogP contribution is 2.37. The van der Waals surface area contributed by atoms with Crippen molar-refractivity contribution in [1.29, 1.82) is 0 Å². The minimum Gasteiger partial charge on any atom is -0.472 e. The summed E-state index contributed by atoms with van der Waals surface area (Å²) in [6.45, 7) is 7.42. The van der Waals surface area contributed by atoms with Crippen LogP contribution in [0, 0.1) is 13.8 Å². The molecule has 37 heavy (non-hydrogen) atoms. The number of ether oxygens (including phenoxy) is 2. The predicted octanol–water partition coefficient (Wildman–Crippen LogP) is 6.31. The van der Waals surface area contributed by atoms with Gasteiger partial charge in [0.2, 0.25) is 0 Å². The second kappa shape index (κ2) is 10.5. The van der Waals surface area contributed by atoms with E-state index < -0.39 is 0 Å². The number of hydrogen-bond donors (Lipinski definition) is 0. The number of nitrogens with zero attached hydrogens (tertiary/aromatic N) is 1. The number of carbonyl (C=O) groups is 1. The number of unbranched alkanes of at least 4 members (excludes halogenated alkanes) is 1. The fourth-order valence-corrected chi connectivity index (χ4v) is 4.81. The van der Waals surface area contributed by atoms with E-state index in [1.807, 2.05) is 56.3 Å². The number of fused-ring (bicyclic) bond motifs is 2. The third-order valence-electron chi connectivity index (χ3n) is 6.98. The van der Waals surface area contributed by atoms with Crippen LogP contribution < -0.4 is 15.3 Å². The standard InChI is InChI=1S/C31H31NO5/c1-4-5-15-35-30(33)23-11-13-25(14-12-23)32-18-24-17-26-20(2)27(16-22-9-7-6-8-10-22)31(34)37-29(26)21(3)28(24)36-19-32/h6-14,17H,4-5,15-16,18-19H2,1-3H3. The second-order valence-electron chi connectivity index (χ2n) is 9.53. The Labute approximate surface area is 216 Å². The number of carbonyl (C=O) groups excluding carboxylic acids is 1. The van der Waals surface area contributed by atoms with Gasteiger partial charge in [0.25, 0.3) is 0 Å². The van der Waals surface area contributed by atoms with Crippen molar-refractivity contribution in [2.45, 2.75) is 46.6 Å². The lowest BCUT2D eigenvalue weighted by atomic mass is 9.96. The van der Waals surface area contributed by atoms with Crippen molar-refractivity contribution in [3.8, 4) is 5.75 Å². The maximum atomic E-state index is 12.9. The molecular formula is C31H31NO5. The van der Waals surface area contributed by atoms with Gasteiger partial charge >= 0.3 is 11.6 Å². The summed E-state index contributed by atoms with van der Waals surface area (Å²) in [5, 5.41) is 0.928. The van der Waals surface area contributed by atoms with Gasteiger partial charge < -0.3 is 18.8 Å². The minimum atomic E-state index is -0.303. The molecule has 0 saturated carbocycles. The Hall–Kier alpha value is -4.06. The van der Waals surface area contributed by atoms with Crippen LogP contribution in [0.25, 0.3) is 11.0 Å². The summed E-state index contributed by atoms with van der Waals surface area (Å²) in [6.07, 6.45) is 2.37. The molecule has 2 heterocycles. The van der Waals surface area contributed by atoms with Crippen molar-refractivity contribution >= 4 is 22.6 Å². The molecule has 190 valence electrons. The monoisotopic (exact) mass is 497 g/mol. The molecule has 0 bridgehead atoms. The Balaban J connectivity index is 1.42. The van der Waals surface area contributed by atoms with Gasteiger partial charge in [-0.15, -0.1) is 0 Å². The summed E-state index contributed by atoms with van der Waals surface area (Å²) in [5.74, 6) is 0.462. The molecule has 1 aromatic heterocycles. The second-order valence-corrected chi connectivity index (χ2v) is 9.53. The van der Waals surface area contributed by atoms with Gasteiger partial charge in [0, 0.05) is 40.7 Å². The van der Waals surface area contributed by atoms with Crippen LogP contribution in [-0.4, -0.2) is 19.3 Å². The van der Waals surface area contributed by atoms with Crippen molar-refractivity contribution < 1.29 is 18.7 Å². The molecule has 3 aromatic carbocycles. The Morgan fingerprint density at radius 2 is 1.78 bits per heavy atom. The van der Waals surface area contributed by atoms with E-state index in [0.717, 1.165) is 51.9 Å². The van der Waals surface area contributed by atoms with Crippen LogP contribution in [0.4, 0.5) is 5.69 Å². The van der Waals surface area contributed by atoms with Crippen LogP contribution in [0.2, 0.25) is 0 Å². The van der Waals surface area contributed by atoms with E-state index in [1.54, 1.807) is 12.1 Å². The Morgan fingerprint density at radius 1 is 1.03 bits per heavy atom. The van der Waals surface area contributed by atoms with Crippen molar-refractivity contribution in [3.63, 3.8) is 0 Å². The van der Waals surface area contributed by atoms with Gasteiger partial charge in [0.1, 0.15) is 11.3 Å². The van der Waals surface area contributed by atoms with E-state index in [-0.39, 0.29) is 11.6 Å². The van der Waals surface area contributed by atoms with Crippen LogP contribution in [0.3, 0.4) is 0 Å². The number of aryl methyl sites for hydroxylation is 2. The lowest BCUT2D eigenvalue weighted by molar-refractivity contribution is 0.0499. The van der Waals surface area contributed by atoms with Crippen LogP contribution in [-0.2, 0) is 17.7 Å². The SMILES string of the molecule is CCCCOC(=O)c1ccc(N2COc3c(cc4c(C)c(Cc5ccccc5)c(=O)oc4c3C)C2)cc1. The number of benzene rings is 3. The molecule has 0 radical (unpaired) electrons.